The fourth-order valence-electron chi connectivity index (χ4n) is 2.79. The molecule has 0 radical (unpaired) electrons. The lowest BCUT2D eigenvalue weighted by atomic mass is 9.76. The number of anilines is 1. The van der Waals surface area contributed by atoms with Crippen LogP contribution in [0.1, 0.15) is 42.1 Å². The highest BCUT2D eigenvalue weighted by Gasteiger charge is 2.37. The van der Waals surface area contributed by atoms with Crippen molar-refractivity contribution in [2.75, 3.05) is 18.4 Å². The average Bonchev–Trinajstić information content (AvgIpc) is 2.49. The second-order valence-corrected chi connectivity index (χ2v) is 5.67. The number of aryl methyl sites for hydroxylation is 1. The van der Waals surface area contributed by atoms with Crippen LogP contribution in [0.2, 0.25) is 0 Å². The third-order valence-electron chi connectivity index (χ3n) is 4.45. The number of aromatic carboxylic acids is 1. The van der Waals surface area contributed by atoms with Crippen molar-refractivity contribution in [2.45, 2.75) is 33.1 Å². The van der Waals surface area contributed by atoms with E-state index in [4.69, 9.17) is 5.11 Å². The van der Waals surface area contributed by atoms with E-state index in [1.165, 1.54) is 6.07 Å². The first kappa shape index (κ1) is 15.5. The molecule has 1 saturated heterocycles. The molecule has 3 N–H and O–H groups in total. The smallest absolute Gasteiger partial charge is 0.335 e. The molecule has 1 fully saturated rings. The van der Waals surface area contributed by atoms with Crippen molar-refractivity contribution in [2.24, 2.45) is 5.41 Å². The van der Waals surface area contributed by atoms with Crippen LogP contribution < -0.4 is 10.6 Å². The molecule has 0 atom stereocenters. The number of hydrogen-bond acceptors (Lipinski definition) is 3. The van der Waals surface area contributed by atoms with Gasteiger partial charge in [-0.15, -0.1) is 0 Å². The molecule has 0 saturated carbocycles. The number of piperidine rings is 1. The molecule has 1 heterocycles. The monoisotopic (exact) mass is 290 g/mol. The first-order valence-electron chi connectivity index (χ1n) is 7.34. The molecule has 0 spiro atoms. The summed E-state index contributed by atoms with van der Waals surface area (Å²) in [6.07, 6.45) is 2.41. The Morgan fingerprint density at radius 2 is 2.00 bits per heavy atom. The maximum absolute atomic E-state index is 12.7. The summed E-state index contributed by atoms with van der Waals surface area (Å²) in [4.78, 5) is 23.7. The van der Waals surface area contributed by atoms with Gasteiger partial charge in [0.05, 0.1) is 11.0 Å². The molecule has 0 bridgehead atoms. The lowest BCUT2D eigenvalue weighted by Crippen LogP contribution is -2.44. The molecule has 0 unspecified atom stereocenters. The molecule has 1 aliphatic rings. The highest BCUT2D eigenvalue weighted by molar-refractivity contribution is 5.97. The number of hydrogen-bond donors (Lipinski definition) is 3. The van der Waals surface area contributed by atoms with E-state index < -0.39 is 5.97 Å². The summed E-state index contributed by atoms with van der Waals surface area (Å²) in [7, 11) is 0. The quantitative estimate of drug-likeness (QED) is 0.795. The van der Waals surface area contributed by atoms with Crippen LogP contribution in [0.15, 0.2) is 18.2 Å². The second kappa shape index (κ2) is 6.26. The molecule has 1 aliphatic heterocycles. The molecule has 114 valence electrons. The molecule has 0 aliphatic carbocycles. The summed E-state index contributed by atoms with van der Waals surface area (Å²) in [5.41, 5.74) is 1.29. The molecule has 2 rings (SSSR count). The zero-order valence-electron chi connectivity index (χ0n) is 12.5. The summed E-state index contributed by atoms with van der Waals surface area (Å²) < 4.78 is 0. The standard InChI is InChI=1S/C16H22N2O3/c1-3-16(6-8-17-9-7-16)15(21)18-13-10-12(14(19)20)5-4-11(13)2/h4-5,10,17H,3,6-9H2,1-2H3,(H,18,21)(H,19,20). The lowest BCUT2D eigenvalue weighted by molar-refractivity contribution is -0.127. The van der Waals surface area contributed by atoms with Gasteiger partial charge in [0.15, 0.2) is 0 Å². The number of carbonyl (C=O) groups excluding carboxylic acids is 1. The van der Waals surface area contributed by atoms with Crippen LogP contribution in [0.3, 0.4) is 0 Å². The van der Waals surface area contributed by atoms with Gasteiger partial charge in [-0.2, -0.15) is 0 Å². The van der Waals surface area contributed by atoms with Crippen LogP contribution in [-0.2, 0) is 4.79 Å². The third-order valence-corrected chi connectivity index (χ3v) is 4.45. The topological polar surface area (TPSA) is 78.4 Å². The van der Waals surface area contributed by atoms with Gasteiger partial charge in [0.25, 0.3) is 0 Å². The van der Waals surface area contributed by atoms with Gasteiger partial charge in [-0.25, -0.2) is 4.79 Å². The molecule has 1 aromatic rings. The number of carboxylic acids is 1. The predicted octanol–water partition coefficient (Wildman–Crippen LogP) is 2.41. The Labute approximate surface area is 124 Å². The van der Waals surface area contributed by atoms with Crippen LogP contribution in [0.25, 0.3) is 0 Å². The molecule has 5 heteroatoms. The number of benzene rings is 1. The summed E-state index contributed by atoms with van der Waals surface area (Å²) in [6, 6.07) is 4.80. The molecule has 1 amide bonds. The fraction of sp³-hybridized carbons (Fsp3) is 0.500. The van der Waals surface area contributed by atoms with Crippen molar-refractivity contribution in [1.29, 1.82) is 0 Å². The summed E-state index contributed by atoms with van der Waals surface area (Å²) in [5, 5.41) is 15.3. The van der Waals surface area contributed by atoms with Gasteiger partial charge in [-0.05, 0) is 57.0 Å². The zero-order chi connectivity index (χ0) is 15.5. The first-order chi connectivity index (χ1) is 9.98. The van der Waals surface area contributed by atoms with Crippen molar-refractivity contribution in [1.82, 2.24) is 5.32 Å². The van der Waals surface area contributed by atoms with Crippen LogP contribution in [0.4, 0.5) is 5.69 Å². The Bertz CT molecular complexity index is 548. The molecule has 1 aromatic carbocycles. The van der Waals surface area contributed by atoms with Gasteiger partial charge in [-0.1, -0.05) is 13.0 Å². The van der Waals surface area contributed by atoms with E-state index in [0.29, 0.717) is 5.69 Å². The largest absolute Gasteiger partial charge is 0.478 e. The van der Waals surface area contributed by atoms with E-state index in [-0.39, 0.29) is 16.9 Å². The van der Waals surface area contributed by atoms with Gasteiger partial charge in [0.1, 0.15) is 0 Å². The first-order valence-corrected chi connectivity index (χ1v) is 7.34. The Hall–Kier alpha value is -1.88. The van der Waals surface area contributed by atoms with Crippen LogP contribution in [0, 0.1) is 12.3 Å². The van der Waals surface area contributed by atoms with Crippen molar-refractivity contribution in [3.8, 4) is 0 Å². The third kappa shape index (κ3) is 3.24. The van der Waals surface area contributed by atoms with Gasteiger partial charge >= 0.3 is 5.97 Å². The number of amides is 1. The lowest BCUT2D eigenvalue weighted by Gasteiger charge is -2.35. The number of carboxylic acid groups (broad SMARTS) is 1. The zero-order valence-corrected chi connectivity index (χ0v) is 12.5. The maximum atomic E-state index is 12.7. The minimum atomic E-state index is -0.988. The molecular weight excluding hydrogens is 268 g/mol. The summed E-state index contributed by atoms with van der Waals surface area (Å²) >= 11 is 0. The van der Waals surface area contributed by atoms with Crippen molar-refractivity contribution >= 4 is 17.6 Å². The normalized spacial score (nSPS) is 17.2. The van der Waals surface area contributed by atoms with E-state index in [9.17, 15) is 9.59 Å². The Morgan fingerprint density at radius 3 is 2.57 bits per heavy atom. The van der Waals surface area contributed by atoms with Gasteiger partial charge < -0.3 is 15.7 Å². The maximum Gasteiger partial charge on any atom is 0.335 e. The van der Waals surface area contributed by atoms with Crippen LogP contribution in [-0.4, -0.2) is 30.1 Å². The fourth-order valence-corrected chi connectivity index (χ4v) is 2.79. The van der Waals surface area contributed by atoms with E-state index >= 15 is 0 Å². The van der Waals surface area contributed by atoms with E-state index in [2.05, 4.69) is 10.6 Å². The van der Waals surface area contributed by atoms with E-state index in [1.54, 1.807) is 12.1 Å². The Kier molecular flexibility index (Phi) is 4.63. The van der Waals surface area contributed by atoms with E-state index in [1.807, 2.05) is 13.8 Å². The minimum Gasteiger partial charge on any atom is -0.478 e. The van der Waals surface area contributed by atoms with Gasteiger partial charge in [0, 0.05) is 5.69 Å². The van der Waals surface area contributed by atoms with Crippen LogP contribution >= 0.6 is 0 Å². The predicted molar refractivity (Wildman–Crippen MR) is 81.6 cm³/mol. The number of rotatable bonds is 4. The highest BCUT2D eigenvalue weighted by atomic mass is 16.4. The SMILES string of the molecule is CCC1(C(=O)Nc2cc(C(=O)O)ccc2C)CCNCC1. The average molecular weight is 290 g/mol. The molecule has 5 nitrogen and oxygen atoms in total. The summed E-state index contributed by atoms with van der Waals surface area (Å²) in [5.74, 6) is -0.991. The minimum absolute atomic E-state index is 0.00265. The number of carbonyl (C=O) groups is 2. The highest BCUT2D eigenvalue weighted by Crippen LogP contribution is 2.34. The van der Waals surface area contributed by atoms with Gasteiger partial charge in [0.2, 0.25) is 5.91 Å². The Balaban J connectivity index is 2.22. The van der Waals surface area contributed by atoms with Gasteiger partial charge in [-0.3, -0.25) is 4.79 Å². The molecule has 21 heavy (non-hydrogen) atoms. The second-order valence-electron chi connectivity index (χ2n) is 5.67. The van der Waals surface area contributed by atoms with Crippen molar-refractivity contribution in [3.05, 3.63) is 29.3 Å². The van der Waals surface area contributed by atoms with Crippen LogP contribution in [0.5, 0.6) is 0 Å². The summed E-state index contributed by atoms with van der Waals surface area (Å²) in [6.45, 7) is 5.58. The van der Waals surface area contributed by atoms with Crippen molar-refractivity contribution < 1.29 is 14.7 Å². The number of nitrogens with one attached hydrogen (secondary N) is 2. The molecule has 0 aromatic heterocycles. The van der Waals surface area contributed by atoms with Crippen molar-refractivity contribution in [3.63, 3.8) is 0 Å². The van der Waals surface area contributed by atoms with E-state index in [0.717, 1.165) is 37.9 Å². The Morgan fingerprint density at radius 1 is 1.33 bits per heavy atom. The molecular formula is C16H22N2O3.